The van der Waals surface area contributed by atoms with Gasteiger partial charge in [-0.3, -0.25) is 4.79 Å². The van der Waals surface area contributed by atoms with Crippen LogP contribution in [0.5, 0.6) is 0 Å². The van der Waals surface area contributed by atoms with Crippen molar-refractivity contribution in [2.45, 2.75) is 18.5 Å². The third-order valence-electron chi connectivity index (χ3n) is 3.15. The first-order chi connectivity index (χ1) is 9.29. The maximum atomic E-state index is 12.0. The van der Waals surface area contributed by atoms with Crippen molar-refractivity contribution in [3.8, 4) is 0 Å². The van der Waals surface area contributed by atoms with Crippen LogP contribution in [0.1, 0.15) is 18.0 Å². The van der Waals surface area contributed by atoms with Crippen LogP contribution in [-0.2, 0) is 4.79 Å². The Hall–Kier alpha value is -1.04. The maximum absolute atomic E-state index is 12.0. The molecule has 1 saturated heterocycles. The molecule has 2 rings (SSSR count). The molecule has 1 aliphatic heterocycles. The first kappa shape index (κ1) is 14.4. The van der Waals surface area contributed by atoms with Crippen molar-refractivity contribution < 1.29 is 9.90 Å². The molecule has 0 aliphatic carbocycles. The molecule has 0 bridgehead atoms. The number of carbonyl (C=O) groups is 1. The lowest BCUT2D eigenvalue weighted by molar-refractivity contribution is -0.122. The Labute approximate surface area is 118 Å². The third-order valence-corrected chi connectivity index (χ3v) is 4.28. The van der Waals surface area contributed by atoms with Gasteiger partial charge in [-0.1, -0.05) is 30.3 Å². The summed E-state index contributed by atoms with van der Waals surface area (Å²) < 4.78 is 0. The lowest BCUT2D eigenvalue weighted by Gasteiger charge is -2.24. The summed E-state index contributed by atoms with van der Waals surface area (Å²) in [7, 11) is 0. The van der Waals surface area contributed by atoms with Crippen LogP contribution in [0.2, 0.25) is 0 Å². The quantitative estimate of drug-likeness (QED) is 0.751. The SMILES string of the molecule is O=C(CC1CSCCN1)N[C@@H](CO)c1ccccc1. The number of hydrogen-bond donors (Lipinski definition) is 3. The van der Waals surface area contributed by atoms with E-state index in [4.69, 9.17) is 0 Å². The minimum Gasteiger partial charge on any atom is -0.394 e. The highest BCUT2D eigenvalue weighted by Gasteiger charge is 2.19. The number of hydrogen-bond acceptors (Lipinski definition) is 4. The Kier molecular flexibility index (Phi) is 5.69. The van der Waals surface area contributed by atoms with Crippen LogP contribution in [0.25, 0.3) is 0 Å². The highest BCUT2D eigenvalue weighted by Crippen LogP contribution is 2.14. The van der Waals surface area contributed by atoms with Gasteiger partial charge in [0, 0.05) is 30.5 Å². The van der Waals surface area contributed by atoms with Gasteiger partial charge in [0.05, 0.1) is 12.6 Å². The van der Waals surface area contributed by atoms with Crippen LogP contribution in [-0.4, -0.2) is 41.7 Å². The fraction of sp³-hybridized carbons (Fsp3) is 0.500. The van der Waals surface area contributed by atoms with Crippen LogP contribution in [0, 0.1) is 0 Å². The average Bonchev–Trinajstić information content (AvgIpc) is 2.47. The van der Waals surface area contributed by atoms with Gasteiger partial charge in [0.25, 0.3) is 0 Å². The minimum atomic E-state index is -0.315. The maximum Gasteiger partial charge on any atom is 0.222 e. The van der Waals surface area contributed by atoms with E-state index in [2.05, 4.69) is 10.6 Å². The Balaban J connectivity index is 1.85. The topological polar surface area (TPSA) is 61.4 Å². The molecule has 1 heterocycles. The predicted molar refractivity (Wildman–Crippen MR) is 78.1 cm³/mol. The molecule has 1 unspecified atom stereocenters. The first-order valence-electron chi connectivity index (χ1n) is 6.56. The van der Waals surface area contributed by atoms with Crippen LogP contribution in [0.3, 0.4) is 0 Å². The van der Waals surface area contributed by atoms with Gasteiger partial charge in [-0.05, 0) is 5.56 Å². The largest absolute Gasteiger partial charge is 0.394 e. The zero-order valence-electron chi connectivity index (χ0n) is 10.8. The van der Waals surface area contributed by atoms with E-state index < -0.39 is 0 Å². The number of amides is 1. The van der Waals surface area contributed by atoms with Crippen molar-refractivity contribution in [3.63, 3.8) is 0 Å². The van der Waals surface area contributed by atoms with Gasteiger partial charge in [-0.25, -0.2) is 0 Å². The van der Waals surface area contributed by atoms with Gasteiger partial charge >= 0.3 is 0 Å². The third kappa shape index (κ3) is 4.53. The second-order valence-electron chi connectivity index (χ2n) is 4.64. The second kappa shape index (κ2) is 7.53. The molecule has 0 aromatic heterocycles. The van der Waals surface area contributed by atoms with Gasteiger partial charge < -0.3 is 15.7 Å². The second-order valence-corrected chi connectivity index (χ2v) is 5.79. The van der Waals surface area contributed by atoms with E-state index in [1.54, 1.807) is 0 Å². The van der Waals surface area contributed by atoms with E-state index in [0.29, 0.717) is 6.42 Å². The number of nitrogens with one attached hydrogen (secondary N) is 2. The highest BCUT2D eigenvalue weighted by molar-refractivity contribution is 7.99. The fourth-order valence-electron chi connectivity index (χ4n) is 2.15. The number of carbonyl (C=O) groups excluding carboxylic acids is 1. The standard InChI is InChI=1S/C14H20N2O2S/c17-9-13(11-4-2-1-3-5-11)16-14(18)8-12-10-19-7-6-15-12/h1-5,12-13,15,17H,6-10H2,(H,16,18)/t12?,13-/m0/s1. The van der Waals surface area contributed by atoms with Gasteiger partial charge in [0.2, 0.25) is 5.91 Å². The van der Waals surface area contributed by atoms with E-state index in [0.717, 1.165) is 23.6 Å². The number of rotatable bonds is 5. The van der Waals surface area contributed by atoms with E-state index in [1.165, 1.54) is 0 Å². The van der Waals surface area contributed by atoms with E-state index in [1.807, 2.05) is 42.1 Å². The van der Waals surface area contributed by atoms with Gasteiger partial charge in [0.1, 0.15) is 0 Å². The van der Waals surface area contributed by atoms with Gasteiger partial charge in [0.15, 0.2) is 0 Å². The summed E-state index contributed by atoms with van der Waals surface area (Å²) >= 11 is 1.87. The van der Waals surface area contributed by atoms with Crippen LogP contribution >= 0.6 is 11.8 Å². The molecular weight excluding hydrogens is 260 g/mol. The molecule has 1 aliphatic rings. The number of benzene rings is 1. The van der Waals surface area contributed by atoms with Crippen LogP contribution < -0.4 is 10.6 Å². The van der Waals surface area contributed by atoms with Crippen molar-refractivity contribution in [2.24, 2.45) is 0 Å². The molecule has 0 radical (unpaired) electrons. The Morgan fingerprint density at radius 2 is 2.26 bits per heavy atom. The zero-order valence-corrected chi connectivity index (χ0v) is 11.7. The minimum absolute atomic E-state index is 0.0112. The van der Waals surface area contributed by atoms with Crippen molar-refractivity contribution in [2.75, 3.05) is 24.7 Å². The summed E-state index contributed by atoms with van der Waals surface area (Å²) in [5, 5.41) is 15.6. The predicted octanol–water partition coefficient (Wildman–Crippen LogP) is 0.931. The summed E-state index contributed by atoms with van der Waals surface area (Å²) in [6.07, 6.45) is 0.469. The van der Waals surface area contributed by atoms with Crippen molar-refractivity contribution in [3.05, 3.63) is 35.9 Å². The number of aliphatic hydroxyl groups excluding tert-OH is 1. The highest BCUT2D eigenvalue weighted by atomic mass is 32.2. The number of thioether (sulfide) groups is 1. The molecule has 1 fully saturated rings. The molecule has 19 heavy (non-hydrogen) atoms. The molecule has 2 atom stereocenters. The summed E-state index contributed by atoms with van der Waals surface area (Å²) in [5.41, 5.74) is 0.935. The smallest absolute Gasteiger partial charge is 0.222 e. The van der Waals surface area contributed by atoms with Crippen LogP contribution in [0.4, 0.5) is 0 Å². The van der Waals surface area contributed by atoms with Gasteiger partial charge in [-0.15, -0.1) is 0 Å². The average molecular weight is 280 g/mol. The lowest BCUT2D eigenvalue weighted by atomic mass is 10.1. The van der Waals surface area contributed by atoms with Gasteiger partial charge in [-0.2, -0.15) is 11.8 Å². The van der Waals surface area contributed by atoms with E-state index in [9.17, 15) is 9.90 Å². The molecular formula is C14H20N2O2S. The van der Waals surface area contributed by atoms with Crippen molar-refractivity contribution in [1.82, 2.24) is 10.6 Å². The monoisotopic (exact) mass is 280 g/mol. The Bertz CT molecular complexity index is 394. The summed E-state index contributed by atoms with van der Waals surface area (Å²) in [6, 6.07) is 9.49. The Morgan fingerprint density at radius 3 is 2.89 bits per heavy atom. The van der Waals surface area contributed by atoms with Crippen LogP contribution in [0.15, 0.2) is 30.3 Å². The molecule has 5 heteroatoms. The van der Waals surface area contributed by atoms with E-state index in [-0.39, 0.29) is 24.6 Å². The normalized spacial score (nSPS) is 20.8. The molecule has 104 valence electrons. The molecule has 1 aromatic carbocycles. The molecule has 0 saturated carbocycles. The van der Waals surface area contributed by atoms with Crippen molar-refractivity contribution in [1.29, 1.82) is 0 Å². The molecule has 1 aromatic rings. The molecule has 0 spiro atoms. The lowest BCUT2D eigenvalue weighted by Crippen LogP contribution is -2.42. The van der Waals surface area contributed by atoms with Crippen molar-refractivity contribution >= 4 is 17.7 Å². The van der Waals surface area contributed by atoms with E-state index >= 15 is 0 Å². The first-order valence-corrected chi connectivity index (χ1v) is 7.71. The molecule has 4 nitrogen and oxygen atoms in total. The Morgan fingerprint density at radius 1 is 1.47 bits per heavy atom. The summed E-state index contributed by atoms with van der Waals surface area (Å²) in [4.78, 5) is 12.0. The molecule has 3 N–H and O–H groups in total. The fourth-order valence-corrected chi connectivity index (χ4v) is 3.10. The number of aliphatic hydroxyl groups is 1. The molecule has 1 amide bonds. The summed E-state index contributed by atoms with van der Waals surface area (Å²) in [5.74, 6) is 2.08. The zero-order chi connectivity index (χ0) is 13.5. The summed E-state index contributed by atoms with van der Waals surface area (Å²) in [6.45, 7) is 0.882.